The van der Waals surface area contributed by atoms with Gasteiger partial charge in [-0.2, -0.15) is 0 Å². The second-order valence-corrected chi connectivity index (χ2v) is 8.52. The van der Waals surface area contributed by atoms with Gasteiger partial charge in [0.1, 0.15) is 11.4 Å². The highest BCUT2D eigenvalue weighted by molar-refractivity contribution is 5.92. The van der Waals surface area contributed by atoms with Gasteiger partial charge in [-0.25, -0.2) is 4.98 Å². The highest BCUT2D eigenvalue weighted by Crippen LogP contribution is 2.41. The fraction of sp³-hybridized carbons (Fsp3) is 0.333. The zero-order chi connectivity index (χ0) is 20.7. The van der Waals surface area contributed by atoms with Crippen LogP contribution < -0.4 is 14.8 Å². The smallest absolute Gasteiger partial charge is 0.262 e. The molecule has 5 rings (SSSR count). The van der Waals surface area contributed by atoms with E-state index in [-0.39, 0.29) is 18.1 Å². The first-order valence-electron chi connectivity index (χ1n) is 10.4. The van der Waals surface area contributed by atoms with Crippen LogP contribution in [0.5, 0.6) is 11.5 Å². The van der Waals surface area contributed by atoms with Crippen molar-refractivity contribution in [1.29, 1.82) is 0 Å². The van der Waals surface area contributed by atoms with Crippen molar-refractivity contribution < 1.29 is 14.3 Å². The minimum atomic E-state index is -0.252. The van der Waals surface area contributed by atoms with E-state index >= 15 is 0 Å². The molecule has 1 N–H and O–H groups in total. The molecule has 3 aromatic rings. The number of fused-ring (bicyclic) bond motifs is 2. The largest absolute Gasteiger partial charge is 0.483 e. The maximum Gasteiger partial charge on any atom is 0.262 e. The van der Waals surface area contributed by atoms with E-state index in [2.05, 4.69) is 14.9 Å². The number of nitrogens with zero attached hydrogens (tertiary/aromatic N) is 2. The minimum absolute atomic E-state index is 0.0768. The molecule has 0 aliphatic carbocycles. The van der Waals surface area contributed by atoms with Gasteiger partial charge in [0.25, 0.3) is 5.91 Å². The van der Waals surface area contributed by atoms with Crippen LogP contribution in [0.1, 0.15) is 31.7 Å². The van der Waals surface area contributed by atoms with Gasteiger partial charge >= 0.3 is 0 Å². The third-order valence-electron chi connectivity index (χ3n) is 5.58. The van der Waals surface area contributed by atoms with Gasteiger partial charge in [0.2, 0.25) is 0 Å². The molecule has 1 aromatic heterocycles. The number of carbonyl (C=O) groups is 1. The van der Waals surface area contributed by atoms with E-state index in [1.165, 1.54) is 0 Å². The molecule has 2 aromatic carbocycles. The second-order valence-electron chi connectivity index (χ2n) is 8.52. The van der Waals surface area contributed by atoms with Crippen LogP contribution >= 0.6 is 0 Å². The zero-order valence-corrected chi connectivity index (χ0v) is 17.3. The fourth-order valence-electron chi connectivity index (χ4n) is 4.29. The van der Waals surface area contributed by atoms with E-state index in [0.29, 0.717) is 5.75 Å². The summed E-state index contributed by atoms with van der Waals surface area (Å²) in [6.07, 6.45) is 4.90. The van der Waals surface area contributed by atoms with Crippen LogP contribution in [0.4, 0.5) is 5.69 Å². The summed E-state index contributed by atoms with van der Waals surface area (Å²) in [5.74, 6) is 2.28. The lowest BCUT2D eigenvalue weighted by atomic mass is 10.0. The van der Waals surface area contributed by atoms with Crippen LogP contribution in [-0.4, -0.2) is 27.7 Å². The van der Waals surface area contributed by atoms with Crippen LogP contribution in [0.3, 0.4) is 0 Å². The molecule has 3 heterocycles. The molecule has 30 heavy (non-hydrogen) atoms. The van der Waals surface area contributed by atoms with Crippen molar-refractivity contribution in [2.24, 2.45) is 0 Å². The zero-order valence-electron chi connectivity index (χ0n) is 17.3. The van der Waals surface area contributed by atoms with E-state index in [9.17, 15) is 4.79 Å². The Morgan fingerprint density at radius 1 is 1.27 bits per heavy atom. The number of nitrogens with one attached hydrogen (secondary N) is 1. The van der Waals surface area contributed by atoms with Crippen LogP contribution in [0, 0.1) is 0 Å². The lowest BCUT2D eigenvalue weighted by molar-refractivity contribution is -0.118. The summed E-state index contributed by atoms with van der Waals surface area (Å²) in [4.78, 5) is 17.0. The van der Waals surface area contributed by atoms with Crippen molar-refractivity contribution in [3.63, 3.8) is 0 Å². The molecule has 6 heteroatoms. The van der Waals surface area contributed by atoms with Gasteiger partial charge < -0.3 is 19.4 Å². The first-order valence-corrected chi connectivity index (χ1v) is 10.4. The Bertz CT molecular complexity index is 1120. The van der Waals surface area contributed by atoms with E-state index in [0.717, 1.165) is 59.9 Å². The van der Waals surface area contributed by atoms with Crippen molar-refractivity contribution in [1.82, 2.24) is 9.55 Å². The molecule has 6 nitrogen and oxygen atoms in total. The minimum Gasteiger partial charge on any atom is -0.483 e. The van der Waals surface area contributed by atoms with E-state index in [1.54, 1.807) is 0 Å². The van der Waals surface area contributed by atoms with Crippen molar-refractivity contribution in [3.05, 3.63) is 60.0 Å². The molecule has 0 radical (unpaired) electrons. The normalized spacial score (nSPS) is 15.9. The molecule has 0 atom stereocenters. The Morgan fingerprint density at radius 3 is 3.03 bits per heavy atom. The molecular formula is C24H25N3O3. The summed E-state index contributed by atoms with van der Waals surface area (Å²) in [5.41, 5.74) is 3.74. The highest BCUT2D eigenvalue weighted by Gasteiger charge is 2.32. The van der Waals surface area contributed by atoms with E-state index in [1.807, 2.05) is 62.5 Å². The first-order chi connectivity index (χ1) is 14.5. The summed E-state index contributed by atoms with van der Waals surface area (Å²) in [7, 11) is 0. The maximum atomic E-state index is 12.5. The molecule has 0 saturated heterocycles. The average Bonchev–Trinajstić information content (AvgIpc) is 3.39. The Labute approximate surface area is 175 Å². The van der Waals surface area contributed by atoms with Gasteiger partial charge in [-0.05, 0) is 38.5 Å². The molecule has 154 valence electrons. The number of ether oxygens (including phenoxy) is 2. The monoisotopic (exact) mass is 403 g/mol. The Hall–Kier alpha value is -3.28. The molecule has 1 amide bonds. The predicted octanol–water partition coefficient (Wildman–Crippen LogP) is 4.23. The van der Waals surface area contributed by atoms with Crippen LogP contribution in [0.2, 0.25) is 0 Å². The standard InChI is InChI=1S/C24H25N3O3/c1-24(2)13-17-7-4-9-20(23(17)30-24)29-15-22(28)26-18-8-3-6-16(12-18)19-14-25-21-10-5-11-27(19)21/h3-4,6-9,12,14H,5,10-11,13,15H2,1-2H3,(H,26,28). The number of rotatable bonds is 5. The van der Waals surface area contributed by atoms with Crippen molar-refractivity contribution >= 4 is 11.6 Å². The van der Waals surface area contributed by atoms with E-state index < -0.39 is 0 Å². The quantitative estimate of drug-likeness (QED) is 0.693. The van der Waals surface area contributed by atoms with E-state index in [4.69, 9.17) is 9.47 Å². The lowest BCUT2D eigenvalue weighted by Gasteiger charge is -2.18. The fourth-order valence-corrected chi connectivity index (χ4v) is 4.29. The third kappa shape index (κ3) is 3.54. The third-order valence-corrected chi connectivity index (χ3v) is 5.58. The number of aryl methyl sites for hydroxylation is 1. The van der Waals surface area contributed by atoms with Crippen LogP contribution in [0.25, 0.3) is 11.3 Å². The number of carbonyl (C=O) groups excluding carboxylic acids is 1. The number of amides is 1. The summed E-state index contributed by atoms with van der Waals surface area (Å²) < 4.78 is 14.0. The van der Waals surface area contributed by atoms with Crippen molar-refractivity contribution in [3.8, 4) is 22.8 Å². The van der Waals surface area contributed by atoms with Crippen molar-refractivity contribution in [2.45, 2.75) is 45.3 Å². The van der Waals surface area contributed by atoms with Crippen LogP contribution in [-0.2, 0) is 24.2 Å². The van der Waals surface area contributed by atoms with Gasteiger partial charge in [-0.1, -0.05) is 24.3 Å². The summed E-state index contributed by atoms with van der Waals surface area (Å²) in [6.45, 7) is 5.01. The molecule has 0 spiro atoms. The maximum absolute atomic E-state index is 12.5. The van der Waals surface area contributed by atoms with Gasteiger partial charge in [0, 0.05) is 36.2 Å². The molecule has 0 unspecified atom stereocenters. The number of imidazole rings is 1. The molecule has 0 bridgehead atoms. The molecule has 0 saturated carbocycles. The number of para-hydroxylation sites is 1. The summed E-state index contributed by atoms with van der Waals surface area (Å²) >= 11 is 0. The first kappa shape index (κ1) is 18.7. The molecule has 2 aliphatic rings. The Balaban J connectivity index is 1.26. The number of hydrogen-bond acceptors (Lipinski definition) is 4. The lowest BCUT2D eigenvalue weighted by Crippen LogP contribution is -2.25. The second kappa shape index (κ2) is 7.20. The number of aromatic nitrogens is 2. The number of hydrogen-bond donors (Lipinski definition) is 1. The molecule has 0 fully saturated rings. The topological polar surface area (TPSA) is 65.4 Å². The average molecular weight is 403 g/mol. The molecular weight excluding hydrogens is 378 g/mol. The SMILES string of the molecule is CC1(C)Cc2cccc(OCC(=O)Nc3cccc(-c4cnc5n4CCC5)c3)c2O1. The summed E-state index contributed by atoms with van der Waals surface area (Å²) in [6, 6.07) is 13.7. The Kier molecular flexibility index (Phi) is 4.50. The van der Waals surface area contributed by atoms with Crippen molar-refractivity contribution in [2.75, 3.05) is 11.9 Å². The molecule has 2 aliphatic heterocycles. The Morgan fingerprint density at radius 2 is 2.13 bits per heavy atom. The summed E-state index contributed by atoms with van der Waals surface area (Å²) in [5, 5.41) is 2.93. The van der Waals surface area contributed by atoms with Gasteiger partial charge in [0.05, 0.1) is 11.9 Å². The van der Waals surface area contributed by atoms with Gasteiger partial charge in [-0.3, -0.25) is 4.79 Å². The predicted molar refractivity (Wildman–Crippen MR) is 115 cm³/mol. The number of anilines is 1. The van der Waals surface area contributed by atoms with Gasteiger partial charge in [0.15, 0.2) is 18.1 Å². The van der Waals surface area contributed by atoms with Crippen LogP contribution in [0.15, 0.2) is 48.7 Å². The number of benzene rings is 2. The highest BCUT2D eigenvalue weighted by atomic mass is 16.5. The van der Waals surface area contributed by atoms with Gasteiger partial charge in [-0.15, -0.1) is 0 Å².